The summed E-state index contributed by atoms with van der Waals surface area (Å²) in [5.74, 6) is -1.52. The maximum atomic E-state index is 11.9. The van der Waals surface area contributed by atoms with Gasteiger partial charge in [-0.25, -0.2) is 0 Å². The molecule has 0 fully saturated rings. The third kappa shape index (κ3) is 1.58. The smallest absolute Gasteiger partial charge is 0.419 e. The van der Waals surface area contributed by atoms with E-state index in [4.69, 9.17) is 0 Å². The molecule has 1 rings (SSSR count). The minimum atomic E-state index is -4.50. The second kappa shape index (κ2) is 2.54. The van der Waals surface area contributed by atoms with Crippen molar-refractivity contribution in [3.8, 4) is 0 Å². The largest absolute Gasteiger partial charge is 0.459 e. The van der Waals surface area contributed by atoms with Crippen molar-refractivity contribution in [1.82, 2.24) is 0 Å². The van der Waals surface area contributed by atoms with E-state index in [1.165, 1.54) is 0 Å². The van der Waals surface area contributed by atoms with Gasteiger partial charge >= 0.3 is 6.18 Å². The minimum absolute atomic E-state index is 0.445. The molecule has 0 spiro atoms. The molecule has 0 atom stereocenters. The van der Waals surface area contributed by atoms with Crippen LogP contribution >= 0.6 is 0 Å². The fourth-order valence-electron chi connectivity index (χ4n) is 0.614. The number of halogens is 3. The maximum Gasteiger partial charge on any atom is 0.419 e. The lowest BCUT2D eigenvalue weighted by Crippen LogP contribution is -2.09. The van der Waals surface area contributed by atoms with E-state index in [0.29, 0.717) is 12.3 Å². The van der Waals surface area contributed by atoms with E-state index in [1.807, 2.05) is 0 Å². The molecule has 1 heterocycles. The molecule has 0 aromatic carbocycles. The Labute approximate surface area is 65.0 Å². The van der Waals surface area contributed by atoms with Gasteiger partial charge in [-0.3, -0.25) is 4.79 Å². The Morgan fingerprint density at radius 3 is 2.33 bits per heavy atom. The Morgan fingerprint density at radius 2 is 2.08 bits per heavy atom. The average molecular weight is 179 g/mol. The van der Waals surface area contributed by atoms with Gasteiger partial charge in [0, 0.05) is 6.07 Å². The zero-order valence-corrected chi connectivity index (χ0v) is 5.68. The fraction of sp³-hybridized carbons (Fsp3) is 0.167. The number of alkyl halides is 3. The van der Waals surface area contributed by atoms with Crippen molar-refractivity contribution in [2.75, 3.05) is 0 Å². The Bertz CT molecular complexity index is 302. The Balaban J connectivity index is 3.00. The summed E-state index contributed by atoms with van der Waals surface area (Å²) in [5.41, 5.74) is 3.65. The van der Waals surface area contributed by atoms with Crippen LogP contribution in [0.25, 0.3) is 0 Å². The topological polar surface area (TPSA) is 56.2 Å². The molecule has 3 nitrogen and oxygen atoms in total. The molecule has 12 heavy (non-hydrogen) atoms. The van der Waals surface area contributed by atoms with E-state index < -0.39 is 23.4 Å². The van der Waals surface area contributed by atoms with E-state index in [-0.39, 0.29) is 0 Å². The first-order valence-corrected chi connectivity index (χ1v) is 2.87. The number of primary amides is 1. The first-order chi connectivity index (χ1) is 5.41. The molecule has 0 unspecified atom stereocenters. The van der Waals surface area contributed by atoms with Gasteiger partial charge in [0.1, 0.15) is 6.26 Å². The third-order valence-electron chi connectivity index (χ3n) is 1.17. The molecule has 0 saturated heterocycles. The van der Waals surface area contributed by atoms with Gasteiger partial charge in [-0.15, -0.1) is 0 Å². The summed E-state index contributed by atoms with van der Waals surface area (Å²) in [4.78, 5) is 10.3. The number of amides is 1. The SMILES string of the molecule is NC(=O)c1cc(C(F)(F)F)co1. The lowest BCUT2D eigenvalue weighted by molar-refractivity contribution is -0.137. The first kappa shape index (κ1) is 8.63. The van der Waals surface area contributed by atoms with Crippen molar-refractivity contribution < 1.29 is 22.4 Å². The molecular formula is C6H4F3NO2. The van der Waals surface area contributed by atoms with Crippen LogP contribution in [0.4, 0.5) is 13.2 Å². The van der Waals surface area contributed by atoms with Crippen LogP contribution in [-0.4, -0.2) is 5.91 Å². The number of hydrogen-bond acceptors (Lipinski definition) is 2. The van der Waals surface area contributed by atoms with E-state index in [1.54, 1.807) is 0 Å². The highest BCUT2D eigenvalue weighted by Gasteiger charge is 2.33. The highest BCUT2D eigenvalue weighted by atomic mass is 19.4. The quantitative estimate of drug-likeness (QED) is 0.708. The lowest BCUT2D eigenvalue weighted by Gasteiger charge is -1.99. The molecule has 0 saturated carbocycles. The minimum Gasteiger partial charge on any atom is -0.459 e. The van der Waals surface area contributed by atoms with Crippen LogP contribution in [-0.2, 0) is 6.18 Å². The van der Waals surface area contributed by atoms with Gasteiger partial charge in [-0.1, -0.05) is 0 Å². The van der Waals surface area contributed by atoms with Crippen molar-refractivity contribution in [3.63, 3.8) is 0 Å². The number of furan rings is 1. The van der Waals surface area contributed by atoms with Gasteiger partial charge in [-0.2, -0.15) is 13.2 Å². The van der Waals surface area contributed by atoms with Gasteiger partial charge < -0.3 is 10.2 Å². The summed E-state index contributed by atoms with van der Waals surface area (Å²) >= 11 is 0. The maximum absolute atomic E-state index is 11.9. The summed E-state index contributed by atoms with van der Waals surface area (Å²) < 4.78 is 39.8. The number of carbonyl (C=O) groups is 1. The molecule has 0 aliphatic carbocycles. The number of nitrogens with two attached hydrogens (primary N) is 1. The van der Waals surface area contributed by atoms with Crippen molar-refractivity contribution in [2.45, 2.75) is 6.18 Å². The molecule has 2 N–H and O–H groups in total. The summed E-state index contributed by atoms with van der Waals surface area (Å²) in [6, 6.07) is 0.558. The summed E-state index contributed by atoms with van der Waals surface area (Å²) in [6.07, 6.45) is -4.06. The Kier molecular flexibility index (Phi) is 1.83. The van der Waals surface area contributed by atoms with Gasteiger partial charge in [0.15, 0.2) is 5.76 Å². The van der Waals surface area contributed by atoms with Crippen molar-refractivity contribution in [2.24, 2.45) is 5.73 Å². The molecule has 66 valence electrons. The van der Waals surface area contributed by atoms with Gasteiger partial charge in [0.25, 0.3) is 5.91 Å². The third-order valence-corrected chi connectivity index (χ3v) is 1.17. The zero-order chi connectivity index (χ0) is 9.35. The van der Waals surface area contributed by atoms with Gasteiger partial charge in [0.05, 0.1) is 5.56 Å². The number of carbonyl (C=O) groups excluding carboxylic acids is 1. The predicted octanol–water partition coefficient (Wildman–Crippen LogP) is 1.40. The van der Waals surface area contributed by atoms with Crippen LogP contribution in [0.1, 0.15) is 16.1 Å². The molecule has 0 radical (unpaired) electrons. The molecule has 0 bridgehead atoms. The van der Waals surface area contributed by atoms with Gasteiger partial charge in [0.2, 0.25) is 0 Å². The van der Waals surface area contributed by atoms with Crippen LogP contribution in [0.5, 0.6) is 0 Å². The monoisotopic (exact) mass is 179 g/mol. The molecule has 1 amide bonds. The predicted molar refractivity (Wildman–Crippen MR) is 32.2 cm³/mol. The first-order valence-electron chi connectivity index (χ1n) is 2.87. The van der Waals surface area contributed by atoms with E-state index in [9.17, 15) is 18.0 Å². The summed E-state index contributed by atoms with van der Waals surface area (Å²) in [6.45, 7) is 0. The van der Waals surface area contributed by atoms with Crippen molar-refractivity contribution in [3.05, 3.63) is 23.7 Å². The Hall–Kier alpha value is -1.46. The molecule has 0 aliphatic heterocycles. The van der Waals surface area contributed by atoms with Crippen LogP contribution in [0.15, 0.2) is 16.7 Å². The van der Waals surface area contributed by atoms with E-state index >= 15 is 0 Å². The molecule has 6 heteroatoms. The van der Waals surface area contributed by atoms with Crippen LogP contribution in [0.2, 0.25) is 0 Å². The normalized spacial score (nSPS) is 11.6. The molecular weight excluding hydrogens is 175 g/mol. The summed E-state index contributed by atoms with van der Waals surface area (Å²) in [7, 11) is 0. The Morgan fingerprint density at radius 1 is 1.50 bits per heavy atom. The molecule has 1 aromatic rings. The van der Waals surface area contributed by atoms with E-state index in [0.717, 1.165) is 0 Å². The van der Waals surface area contributed by atoms with Crippen LogP contribution in [0.3, 0.4) is 0 Å². The van der Waals surface area contributed by atoms with Crippen molar-refractivity contribution >= 4 is 5.91 Å². The van der Waals surface area contributed by atoms with Gasteiger partial charge in [-0.05, 0) is 0 Å². The number of rotatable bonds is 1. The van der Waals surface area contributed by atoms with Crippen molar-refractivity contribution in [1.29, 1.82) is 0 Å². The molecule has 1 aromatic heterocycles. The lowest BCUT2D eigenvalue weighted by atomic mass is 10.3. The fourth-order valence-corrected chi connectivity index (χ4v) is 0.614. The highest BCUT2D eigenvalue weighted by Crippen LogP contribution is 2.30. The standard InChI is InChI=1S/C6H4F3NO2/c7-6(8,9)3-1-4(5(10)11)12-2-3/h1-2H,(H2,10,11). The number of hydrogen-bond donors (Lipinski definition) is 1. The van der Waals surface area contributed by atoms with Crippen LogP contribution < -0.4 is 5.73 Å². The van der Waals surface area contributed by atoms with E-state index in [2.05, 4.69) is 10.2 Å². The average Bonchev–Trinajstić information content (AvgIpc) is 2.30. The second-order valence-corrected chi connectivity index (χ2v) is 2.06. The molecule has 0 aliphatic rings. The van der Waals surface area contributed by atoms with Crippen LogP contribution in [0, 0.1) is 0 Å². The summed E-state index contributed by atoms with van der Waals surface area (Å²) in [5, 5.41) is 0. The second-order valence-electron chi connectivity index (χ2n) is 2.06. The highest BCUT2D eigenvalue weighted by molar-refractivity contribution is 5.90. The zero-order valence-electron chi connectivity index (χ0n) is 5.68.